The molecule has 1 rings (SSSR count). The lowest BCUT2D eigenvalue weighted by molar-refractivity contribution is -0.157. The Morgan fingerprint density at radius 1 is 1.05 bits per heavy atom. The van der Waals surface area contributed by atoms with E-state index < -0.39 is 11.6 Å². The molecule has 2 N–H and O–H groups in total. The fourth-order valence-electron chi connectivity index (χ4n) is 1.93. The maximum absolute atomic E-state index is 12.1. The standard InChI is InChI=1S/C14H18O5/c1-7-8(2)12(16)10(9(3)11(7)15)5-6-14(4,19)13(17)18/h19H,5-6H2,1-4H3,(H,17,18)/t14-/m0/s1. The average Bonchev–Trinajstić information content (AvgIpc) is 2.33. The number of aliphatic hydroxyl groups is 1. The molecule has 5 nitrogen and oxygen atoms in total. The van der Waals surface area contributed by atoms with Gasteiger partial charge in [-0.2, -0.15) is 0 Å². The van der Waals surface area contributed by atoms with Gasteiger partial charge in [0.05, 0.1) is 0 Å². The topological polar surface area (TPSA) is 91.7 Å². The molecule has 1 atom stereocenters. The summed E-state index contributed by atoms with van der Waals surface area (Å²) >= 11 is 0. The first-order chi connectivity index (χ1) is 8.59. The largest absolute Gasteiger partial charge is 0.479 e. The smallest absolute Gasteiger partial charge is 0.335 e. The Bertz CT molecular complexity index is 520. The zero-order valence-corrected chi connectivity index (χ0v) is 11.5. The van der Waals surface area contributed by atoms with Crippen molar-refractivity contribution in [2.75, 3.05) is 0 Å². The Morgan fingerprint density at radius 2 is 1.53 bits per heavy atom. The number of rotatable bonds is 4. The van der Waals surface area contributed by atoms with Crippen molar-refractivity contribution in [3.05, 3.63) is 22.3 Å². The first-order valence-electron chi connectivity index (χ1n) is 6.02. The lowest BCUT2D eigenvalue weighted by atomic mass is 9.82. The van der Waals surface area contributed by atoms with Crippen LogP contribution in [0.4, 0.5) is 0 Å². The van der Waals surface area contributed by atoms with E-state index in [4.69, 9.17) is 5.11 Å². The third-order valence-electron chi connectivity index (χ3n) is 3.63. The second-order valence-electron chi connectivity index (χ2n) is 5.09. The van der Waals surface area contributed by atoms with Gasteiger partial charge in [-0.3, -0.25) is 9.59 Å². The number of allylic oxidation sites excluding steroid dienone is 4. The molecule has 0 aromatic rings. The summed E-state index contributed by atoms with van der Waals surface area (Å²) < 4.78 is 0. The van der Waals surface area contributed by atoms with Crippen LogP contribution < -0.4 is 0 Å². The Hall–Kier alpha value is -1.75. The van der Waals surface area contributed by atoms with Gasteiger partial charge in [-0.05, 0) is 40.5 Å². The molecule has 0 fully saturated rings. The summed E-state index contributed by atoms with van der Waals surface area (Å²) in [6.45, 7) is 5.91. The molecule has 0 aromatic heterocycles. The third kappa shape index (κ3) is 2.81. The summed E-state index contributed by atoms with van der Waals surface area (Å²) in [7, 11) is 0. The Morgan fingerprint density at radius 3 is 2.00 bits per heavy atom. The van der Waals surface area contributed by atoms with Crippen molar-refractivity contribution in [3.8, 4) is 0 Å². The van der Waals surface area contributed by atoms with Crippen molar-refractivity contribution in [1.82, 2.24) is 0 Å². The first kappa shape index (κ1) is 15.3. The van der Waals surface area contributed by atoms with Gasteiger partial charge in [0.2, 0.25) is 0 Å². The highest BCUT2D eigenvalue weighted by Gasteiger charge is 2.33. The minimum Gasteiger partial charge on any atom is -0.479 e. The van der Waals surface area contributed by atoms with E-state index in [0.717, 1.165) is 0 Å². The van der Waals surface area contributed by atoms with Crippen LogP contribution in [-0.4, -0.2) is 33.3 Å². The number of carboxylic acid groups (broad SMARTS) is 1. The van der Waals surface area contributed by atoms with Crippen LogP contribution in [0.15, 0.2) is 22.3 Å². The SMILES string of the molecule is CC1=C(C)C(=O)C(CC[C@](C)(O)C(=O)O)=C(C)C1=O. The molecule has 0 aromatic carbocycles. The highest BCUT2D eigenvalue weighted by atomic mass is 16.4. The summed E-state index contributed by atoms with van der Waals surface area (Å²) in [5.74, 6) is -1.78. The molecule has 5 heteroatoms. The van der Waals surface area contributed by atoms with Crippen LogP contribution in [0, 0.1) is 0 Å². The van der Waals surface area contributed by atoms with Crippen LogP contribution in [0.2, 0.25) is 0 Å². The van der Waals surface area contributed by atoms with E-state index in [0.29, 0.717) is 22.3 Å². The van der Waals surface area contributed by atoms with E-state index in [1.54, 1.807) is 20.8 Å². The predicted octanol–water partition coefficient (Wildman–Crippen LogP) is 1.41. The Labute approximate surface area is 111 Å². The zero-order valence-electron chi connectivity index (χ0n) is 11.5. The van der Waals surface area contributed by atoms with E-state index in [1.807, 2.05) is 0 Å². The highest BCUT2D eigenvalue weighted by molar-refractivity contribution is 6.24. The molecule has 0 amide bonds. The molecule has 19 heavy (non-hydrogen) atoms. The van der Waals surface area contributed by atoms with Gasteiger partial charge < -0.3 is 10.2 Å². The molecule has 104 valence electrons. The quantitative estimate of drug-likeness (QED) is 0.750. The number of Topliss-reactive ketones (excluding diaryl/α,β-unsaturated/α-hetero) is 2. The van der Waals surface area contributed by atoms with Gasteiger partial charge in [0.15, 0.2) is 17.2 Å². The number of ketones is 2. The summed E-state index contributed by atoms with van der Waals surface area (Å²) in [5, 5.41) is 18.5. The zero-order chi connectivity index (χ0) is 15.0. The molecule has 0 heterocycles. The molecule has 1 aliphatic carbocycles. The molecule has 1 aliphatic rings. The number of carbonyl (C=O) groups excluding carboxylic acids is 2. The number of carboxylic acids is 1. The normalized spacial score (nSPS) is 19.8. The van der Waals surface area contributed by atoms with Crippen LogP contribution in [-0.2, 0) is 14.4 Å². The monoisotopic (exact) mass is 266 g/mol. The van der Waals surface area contributed by atoms with Crippen molar-refractivity contribution in [1.29, 1.82) is 0 Å². The maximum Gasteiger partial charge on any atom is 0.335 e. The van der Waals surface area contributed by atoms with Gasteiger partial charge in [-0.1, -0.05) is 0 Å². The van der Waals surface area contributed by atoms with E-state index in [-0.39, 0.29) is 24.4 Å². The van der Waals surface area contributed by atoms with Gasteiger partial charge in [0.25, 0.3) is 0 Å². The fraction of sp³-hybridized carbons (Fsp3) is 0.500. The third-order valence-corrected chi connectivity index (χ3v) is 3.63. The molecular formula is C14H18O5. The second-order valence-corrected chi connectivity index (χ2v) is 5.09. The van der Waals surface area contributed by atoms with Crippen LogP contribution in [0.3, 0.4) is 0 Å². The molecule has 0 bridgehead atoms. The lowest BCUT2D eigenvalue weighted by Crippen LogP contribution is -2.35. The van der Waals surface area contributed by atoms with E-state index >= 15 is 0 Å². The molecular weight excluding hydrogens is 248 g/mol. The molecule has 0 saturated carbocycles. The van der Waals surface area contributed by atoms with E-state index in [9.17, 15) is 19.5 Å². The van der Waals surface area contributed by atoms with Crippen molar-refractivity contribution in [2.24, 2.45) is 0 Å². The first-order valence-corrected chi connectivity index (χ1v) is 6.02. The van der Waals surface area contributed by atoms with Crippen LogP contribution in [0.5, 0.6) is 0 Å². The molecule has 0 aliphatic heterocycles. The summed E-state index contributed by atoms with van der Waals surface area (Å²) in [6, 6.07) is 0. The molecule has 0 spiro atoms. The van der Waals surface area contributed by atoms with Gasteiger partial charge >= 0.3 is 5.97 Å². The van der Waals surface area contributed by atoms with Crippen molar-refractivity contribution < 1.29 is 24.6 Å². The molecule has 0 radical (unpaired) electrons. The van der Waals surface area contributed by atoms with Gasteiger partial charge in [0, 0.05) is 22.3 Å². The molecule has 0 saturated heterocycles. The van der Waals surface area contributed by atoms with Crippen LogP contribution in [0.25, 0.3) is 0 Å². The number of carbonyl (C=O) groups is 3. The Kier molecular flexibility index (Phi) is 4.10. The van der Waals surface area contributed by atoms with Crippen LogP contribution in [0.1, 0.15) is 40.5 Å². The number of hydrogen-bond acceptors (Lipinski definition) is 4. The van der Waals surface area contributed by atoms with Gasteiger partial charge in [0.1, 0.15) is 0 Å². The van der Waals surface area contributed by atoms with E-state index in [1.165, 1.54) is 6.92 Å². The van der Waals surface area contributed by atoms with Crippen LogP contribution >= 0.6 is 0 Å². The fourth-order valence-corrected chi connectivity index (χ4v) is 1.93. The summed E-state index contributed by atoms with van der Waals surface area (Å²) in [6.07, 6.45) is -0.0410. The summed E-state index contributed by atoms with van der Waals surface area (Å²) in [5.41, 5.74) is -0.443. The van der Waals surface area contributed by atoms with Gasteiger partial charge in [-0.15, -0.1) is 0 Å². The van der Waals surface area contributed by atoms with Gasteiger partial charge in [-0.25, -0.2) is 4.79 Å². The van der Waals surface area contributed by atoms with Crippen molar-refractivity contribution in [2.45, 2.75) is 46.1 Å². The number of aliphatic carboxylic acids is 1. The van der Waals surface area contributed by atoms with Crippen molar-refractivity contribution >= 4 is 17.5 Å². The maximum atomic E-state index is 12.1. The lowest BCUT2D eigenvalue weighted by Gasteiger charge is -2.22. The van der Waals surface area contributed by atoms with Crippen molar-refractivity contribution in [3.63, 3.8) is 0 Å². The minimum atomic E-state index is -1.90. The highest BCUT2D eigenvalue weighted by Crippen LogP contribution is 2.28. The number of hydrogen-bond donors (Lipinski definition) is 2. The van der Waals surface area contributed by atoms with E-state index in [2.05, 4.69) is 0 Å². The molecule has 0 unspecified atom stereocenters. The second kappa shape index (κ2) is 5.09. The predicted molar refractivity (Wildman–Crippen MR) is 68.6 cm³/mol. The Balaban J connectivity index is 2.99. The summed E-state index contributed by atoms with van der Waals surface area (Å²) in [4.78, 5) is 34.8. The minimum absolute atomic E-state index is 0.0698. The average molecular weight is 266 g/mol.